The molecule has 0 unspecified atom stereocenters. The van der Waals surface area contributed by atoms with Crippen molar-refractivity contribution in [2.45, 2.75) is 19.8 Å². The molecule has 0 spiro atoms. The van der Waals surface area contributed by atoms with E-state index in [2.05, 4.69) is 16.9 Å². The first kappa shape index (κ1) is 10.9. The third kappa shape index (κ3) is 8.88. The van der Waals surface area contributed by atoms with Gasteiger partial charge in [0.1, 0.15) is 0 Å². The molecule has 0 saturated carbocycles. The summed E-state index contributed by atoms with van der Waals surface area (Å²) in [7, 11) is 0. The van der Waals surface area contributed by atoms with Gasteiger partial charge in [0, 0.05) is 12.8 Å². The lowest BCUT2D eigenvalue weighted by Crippen LogP contribution is -2.12. The summed E-state index contributed by atoms with van der Waals surface area (Å²) in [6.07, 6.45) is 5.08. The summed E-state index contributed by atoms with van der Waals surface area (Å²) < 4.78 is 0. The van der Waals surface area contributed by atoms with E-state index in [1.807, 2.05) is 6.92 Å². The second kappa shape index (κ2) is 7.98. The molecular weight excluding hydrogens is 150 g/mol. The van der Waals surface area contributed by atoms with Crippen molar-refractivity contribution in [3.8, 4) is 0 Å². The summed E-state index contributed by atoms with van der Waals surface area (Å²) >= 11 is 0. The lowest BCUT2D eigenvalue weighted by molar-refractivity contribution is 0.775. The zero-order valence-corrected chi connectivity index (χ0v) is 7.64. The molecule has 2 N–H and O–H groups in total. The van der Waals surface area contributed by atoms with Gasteiger partial charge in [0.25, 0.3) is 0 Å². The minimum atomic E-state index is 0.466. The maximum atomic E-state index is 6.70. The van der Waals surface area contributed by atoms with Gasteiger partial charge in [-0.3, -0.25) is 4.99 Å². The number of rotatable bonds is 7. The molecule has 0 rings (SSSR count). The van der Waals surface area contributed by atoms with Crippen molar-refractivity contribution in [3.05, 3.63) is 12.2 Å². The maximum absolute atomic E-state index is 6.70. The van der Waals surface area contributed by atoms with Crippen LogP contribution in [0.2, 0.25) is 0 Å². The number of nitrogens with zero attached hydrogens (tertiary/aromatic N) is 1. The molecule has 0 radical (unpaired) electrons. The Kier molecular flexibility index (Phi) is 7.24. The predicted octanol–water partition coefficient (Wildman–Crippen LogP) is 1.61. The molecule has 0 bridgehead atoms. The molecule has 0 aromatic rings. The Morgan fingerprint density at radius 3 is 3.00 bits per heavy atom. The van der Waals surface area contributed by atoms with E-state index in [1.165, 1.54) is 11.8 Å². The summed E-state index contributed by atoms with van der Waals surface area (Å²) in [6, 6.07) is 0. The molecule has 0 aromatic carbocycles. The van der Waals surface area contributed by atoms with E-state index in [1.54, 1.807) is 6.34 Å². The first-order chi connectivity index (χ1) is 5.77. The first-order valence-corrected chi connectivity index (χ1v) is 4.12. The average Bonchev–Trinajstić information content (AvgIpc) is 2.02. The van der Waals surface area contributed by atoms with Gasteiger partial charge < -0.3 is 10.7 Å². The fraction of sp³-hybridized carbons (Fsp3) is 0.556. The van der Waals surface area contributed by atoms with Crippen LogP contribution in [0, 0.1) is 5.41 Å². The number of nitrogens with one attached hydrogen (secondary N) is 2. The van der Waals surface area contributed by atoms with E-state index >= 15 is 0 Å². The van der Waals surface area contributed by atoms with E-state index in [9.17, 15) is 0 Å². The molecule has 3 nitrogen and oxygen atoms in total. The lowest BCUT2D eigenvalue weighted by Gasteiger charge is -1.99. The Morgan fingerprint density at radius 2 is 2.42 bits per heavy atom. The Labute approximate surface area is 74.1 Å². The minimum Gasteiger partial charge on any atom is -0.376 e. The largest absolute Gasteiger partial charge is 0.376 e. The van der Waals surface area contributed by atoms with Gasteiger partial charge in [0.15, 0.2) is 0 Å². The number of allylic oxidation sites excluding steroid dienone is 1. The molecule has 0 aliphatic rings. The van der Waals surface area contributed by atoms with Crippen molar-refractivity contribution in [1.29, 1.82) is 5.41 Å². The molecule has 0 atom stereocenters. The summed E-state index contributed by atoms with van der Waals surface area (Å²) in [5.74, 6) is 0. The van der Waals surface area contributed by atoms with Crippen molar-refractivity contribution in [2.24, 2.45) is 4.99 Å². The molecule has 68 valence electrons. The normalized spacial score (nSPS) is 10.1. The SMILES string of the molecule is C=C(C)CCCNC=NCC=N. The molecule has 0 aliphatic carbocycles. The summed E-state index contributed by atoms with van der Waals surface area (Å²) in [5.41, 5.74) is 1.22. The second-order valence-electron chi connectivity index (χ2n) is 2.71. The summed E-state index contributed by atoms with van der Waals surface area (Å²) in [6.45, 7) is 7.23. The standard InChI is InChI=1S/C9H17N3/c1-9(2)4-3-6-11-8-12-7-5-10/h5,8,10H,1,3-4,6-7H2,2H3,(H,11,12). The van der Waals surface area contributed by atoms with Crippen LogP contribution in [-0.2, 0) is 0 Å². The van der Waals surface area contributed by atoms with E-state index in [0.717, 1.165) is 19.4 Å². The van der Waals surface area contributed by atoms with Crippen LogP contribution in [0.5, 0.6) is 0 Å². The van der Waals surface area contributed by atoms with Crippen molar-refractivity contribution in [1.82, 2.24) is 5.32 Å². The third-order valence-corrected chi connectivity index (χ3v) is 1.30. The second-order valence-corrected chi connectivity index (χ2v) is 2.71. The van der Waals surface area contributed by atoms with Gasteiger partial charge in [-0.25, -0.2) is 0 Å². The van der Waals surface area contributed by atoms with Gasteiger partial charge in [-0.15, -0.1) is 6.58 Å². The molecule has 3 heteroatoms. The zero-order valence-electron chi connectivity index (χ0n) is 7.64. The number of hydrogen-bond donors (Lipinski definition) is 2. The molecule has 0 aromatic heterocycles. The van der Waals surface area contributed by atoms with Crippen LogP contribution >= 0.6 is 0 Å². The summed E-state index contributed by atoms with van der Waals surface area (Å²) in [4.78, 5) is 3.90. The first-order valence-electron chi connectivity index (χ1n) is 4.12. The third-order valence-electron chi connectivity index (χ3n) is 1.30. The number of aliphatic imine (C=N–C) groups is 1. The topological polar surface area (TPSA) is 48.2 Å². The van der Waals surface area contributed by atoms with E-state index in [0.29, 0.717) is 6.54 Å². The van der Waals surface area contributed by atoms with Gasteiger partial charge in [-0.1, -0.05) is 5.57 Å². The molecule has 0 aliphatic heterocycles. The quantitative estimate of drug-likeness (QED) is 0.257. The molecular formula is C9H17N3. The highest BCUT2D eigenvalue weighted by Gasteiger charge is 1.85. The lowest BCUT2D eigenvalue weighted by atomic mass is 10.2. The molecule has 12 heavy (non-hydrogen) atoms. The Bertz CT molecular complexity index is 161. The van der Waals surface area contributed by atoms with Crippen molar-refractivity contribution in [2.75, 3.05) is 13.1 Å². The van der Waals surface area contributed by atoms with Crippen LogP contribution in [0.25, 0.3) is 0 Å². The van der Waals surface area contributed by atoms with Crippen LogP contribution in [0.4, 0.5) is 0 Å². The van der Waals surface area contributed by atoms with Crippen LogP contribution < -0.4 is 5.32 Å². The van der Waals surface area contributed by atoms with Crippen LogP contribution in [-0.4, -0.2) is 25.6 Å². The predicted molar refractivity (Wildman–Crippen MR) is 54.2 cm³/mol. The fourth-order valence-corrected chi connectivity index (χ4v) is 0.727. The highest BCUT2D eigenvalue weighted by molar-refractivity contribution is 5.61. The Morgan fingerprint density at radius 1 is 1.67 bits per heavy atom. The van der Waals surface area contributed by atoms with Gasteiger partial charge >= 0.3 is 0 Å². The average molecular weight is 167 g/mol. The Balaban J connectivity index is 3.10. The fourth-order valence-electron chi connectivity index (χ4n) is 0.727. The number of hydrogen-bond acceptors (Lipinski definition) is 2. The van der Waals surface area contributed by atoms with Crippen LogP contribution in [0.15, 0.2) is 17.1 Å². The van der Waals surface area contributed by atoms with Crippen molar-refractivity contribution >= 4 is 12.6 Å². The van der Waals surface area contributed by atoms with Crippen LogP contribution in [0.1, 0.15) is 19.8 Å². The zero-order chi connectivity index (χ0) is 9.23. The van der Waals surface area contributed by atoms with Gasteiger partial charge in [-0.2, -0.15) is 0 Å². The highest BCUT2D eigenvalue weighted by atomic mass is 14.9. The van der Waals surface area contributed by atoms with Crippen molar-refractivity contribution in [3.63, 3.8) is 0 Å². The van der Waals surface area contributed by atoms with Crippen LogP contribution in [0.3, 0.4) is 0 Å². The summed E-state index contributed by atoms with van der Waals surface area (Å²) in [5, 5.41) is 9.74. The van der Waals surface area contributed by atoms with Gasteiger partial charge in [0.05, 0.1) is 12.9 Å². The smallest absolute Gasteiger partial charge is 0.0828 e. The van der Waals surface area contributed by atoms with Crippen molar-refractivity contribution < 1.29 is 0 Å². The molecule has 0 fully saturated rings. The minimum absolute atomic E-state index is 0.466. The monoisotopic (exact) mass is 167 g/mol. The van der Waals surface area contributed by atoms with Gasteiger partial charge in [0.2, 0.25) is 0 Å². The van der Waals surface area contributed by atoms with E-state index in [-0.39, 0.29) is 0 Å². The highest BCUT2D eigenvalue weighted by Crippen LogP contribution is 1.97. The molecule has 0 heterocycles. The molecule has 0 saturated heterocycles. The molecule has 0 amide bonds. The van der Waals surface area contributed by atoms with Gasteiger partial charge in [-0.05, 0) is 19.8 Å². The Hall–Kier alpha value is -1.12. The van der Waals surface area contributed by atoms with E-state index in [4.69, 9.17) is 5.41 Å². The maximum Gasteiger partial charge on any atom is 0.0828 e. The van der Waals surface area contributed by atoms with E-state index < -0.39 is 0 Å².